The van der Waals surface area contributed by atoms with Gasteiger partial charge < -0.3 is 10.3 Å². The third-order valence-electron chi connectivity index (χ3n) is 3.93. The molecule has 0 bridgehead atoms. The van der Waals surface area contributed by atoms with Gasteiger partial charge in [-0.25, -0.2) is 0 Å². The van der Waals surface area contributed by atoms with Crippen molar-refractivity contribution in [2.45, 2.75) is 11.3 Å². The maximum Gasteiger partial charge on any atom is 0.210 e. The van der Waals surface area contributed by atoms with Gasteiger partial charge >= 0.3 is 0 Å². The summed E-state index contributed by atoms with van der Waals surface area (Å²) in [6, 6.07) is 15.9. The zero-order valence-electron chi connectivity index (χ0n) is 14.0. The van der Waals surface area contributed by atoms with E-state index in [4.69, 9.17) is 0 Å². The Balaban J connectivity index is 1.40. The molecule has 2 aromatic heterocycles. The van der Waals surface area contributed by atoms with Crippen LogP contribution in [0.5, 0.6) is 0 Å². The molecule has 2 aromatic carbocycles. The molecule has 26 heavy (non-hydrogen) atoms. The SMILES string of the molecule is Cc1ccc(Nc2nnc(SCC(=O)c3c[nH]c4ccccc34)s2)cc1. The number of aryl methyl sites for hydroxylation is 1. The highest BCUT2D eigenvalue weighted by atomic mass is 32.2. The van der Waals surface area contributed by atoms with E-state index in [0.717, 1.165) is 31.6 Å². The van der Waals surface area contributed by atoms with E-state index in [-0.39, 0.29) is 5.78 Å². The highest BCUT2D eigenvalue weighted by Gasteiger charge is 2.14. The second kappa shape index (κ2) is 7.31. The number of nitrogens with zero attached hydrogens (tertiary/aromatic N) is 2. The first kappa shape index (κ1) is 16.8. The Morgan fingerprint density at radius 2 is 1.96 bits per heavy atom. The number of rotatable bonds is 6. The zero-order valence-corrected chi connectivity index (χ0v) is 15.7. The van der Waals surface area contributed by atoms with Crippen LogP contribution in [0.1, 0.15) is 15.9 Å². The van der Waals surface area contributed by atoms with E-state index >= 15 is 0 Å². The molecule has 0 aliphatic rings. The van der Waals surface area contributed by atoms with Crippen LogP contribution in [0.15, 0.2) is 59.1 Å². The molecule has 0 saturated carbocycles. The molecule has 5 nitrogen and oxygen atoms in total. The minimum atomic E-state index is 0.0793. The molecule has 0 atom stereocenters. The summed E-state index contributed by atoms with van der Waals surface area (Å²) in [5, 5.41) is 13.2. The molecule has 2 N–H and O–H groups in total. The van der Waals surface area contributed by atoms with Crippen molar-refractivity contribution < 1.29 is 4.79 Å². The standard InChI is InChI=1S/C19H16N4OS2/c1-12-6-8-13(9-7-12)21-18-22-23-19(26-18)25-11-17(24)15-10-20-16-5-3-2-4-14(15)16/h2-10,20H,11H2,1H3,(H,21,22). The van der Waals surface area contributed by atoms with Crippen LogP contribution in [-0.4, -0.2) is 26.7 Å². The van der Waals surface area contributed by atoms with E-state index in [2.05, 4.69) is 20.5 Å². The number of thioether (sulfide) groups is 1. The van der Waals surface area contributed by atoms with Gasteiger partial charge in [-0.2, -0.15) is 0 Å². The number of H-pyrrole nitrogens is 1. The smallest absolute Gasteiger partial charge is 0.210 e. The Morgan fingerprint density at radius 1 is 1.15 bits per heavy atom. The van der Waals surface area contributed by atoms with Crippen molar-refractivity contribution in [1.29, 1.82) is 0 Å². The van der Waals surface area contributed by atoms with Crippen LogP contribution in [-0.2, 0) is 0 Å². The Hall–Kier alpha value is -2.64. The monoisotopic (exact) mass is 380 g/mol. The number of hydrogen-bond donors (Lipinski definition) is 2. The maximum atomic E-state index is 12.5. The summed E-state index contributed by atoms with van der Waals surface area (Å²) in [6.07, 6.45) is 1.78. The fraction of sp³-hybridized carbons (Fsp3) is 0.105. The van der Waals surface area contributed by atoms with Crippen LogP contribution < -0.4 is 5.32 Å². The number of ketones is 1. The van der Waals surface area contributed by atoms with Gasteiger partial charge in [0.15, 0.2) is 10.1 Å². The van der Waals surface area contributed by atoms with Crippen molar-refractivity contribution in [3.8, 4) is 0 Å². The van der Waals surface area contributed by atoms with Gasteiger partial charge in [-0.05, 0) is 25.1 Å². The number of carbonyl (C=O) groups excluding carboxylic acids is 1. The summed E-state index contributed by atoms with van der Waals surface area (Å²) in [5.74, 6) is 0.414. The molecule has 0 amide bonds. The minimum absolute atomic E-state index is 0.0793. The highest BCUT2D eigenvalue weighted by molar-refractivity contribution is 8.01. The molecule has 130 valence electrons. The third kappa shape index (κ3) is 3.63. The lowest BCUT2D eigenvalue weighted by atomic mass is 10.1. The average Bonchev–Trinajstić information content (AvgIpc) is 3.28. The van der Waals surface area contributed by atoms with E-state index in [1.54, 1.807) is 6.20 Å². The lowest BCUT2D eigenvalue weighted by Crippen LogP contribution is -2.01. The number of anilines is 2. The number of carbonyl (C=O) groups is 1. The fourth-order valence-electron chi connectivity index (χ4n) is 2.59. The number of Topliss-reactive ketones (excluding diaryl/α,β-unsaturated/α-hetero) is 1. The summed E-state index contributed by atoms with van der Waals surface area (Å²) in [7, 11) is 0. The average molecular weight is 380 g/mol. The molecule has 4 rings (SSSR count). The van der Waals surface area contributed by atoms with Gasteiger partial charge in [0.05, 0.1) is 5.75 Å². The van der Waals surface area contributed by atoms with Crippen molar-refractivity contribution in [2.24, 2.45) is 0 Å². The van der Waals surface area contributed by atoms with Gasteiger partial charge in [0.1, 0.15) is 0 Å². The Bertz CT molecular complexity index is 1050. The van der Waals surface area contributed by atoms with E-state index in [1.807, 2.05) is 55.5 Å². The lowest BCUT2D eigenvalue weighted by molar-refractivity contribution is 0.102. The third-order valence-corrected chi connectivity index (χ3v) is 5.90. The van der Waals surface area contributed by atoms with E-state index in [0.29, 0.717) is 5.75 Å². The van der Waals surface area contributed by atoms with Gasteiger partial charge in [0, 0.05) is 28.4 Å². The van der Waals surface area contributed by atoms with Crippen molar-refractivity contribution in [3.05, 3.63) is 65.9 Å². The Kier molecular flexibility index (Phi) is 4.73. The second-order valence-corrected chi connectivity index (χ2v) is 8.02. The predicted molar refractivity (Wildman–Crippen MR) is 108 cm³/mol. The Morgan fingerprint density at radius 3 is 2.81 bits per heavy atom. The normalized spacial score (nSPS) is 11.0. The number of benzene rings is 2. The molecule has 0 unspecified atom stereocenters. The molecule has 0 radical (unpaired) electrons. The first-order chi connectivity index (χ1) is 12.7. The van der Waals surface area contributed by atoms with Crippen LogP contribution in [0.25, 0.3) is 10.9 Å². The van der Waals surface area contributed by atoms with Crippen LogP contribution in [0, 0.1) is 6.92 Å². The summed E-state index contributed by atoms with van der Waals surface area (Å²) >= 11 is 2.86. The summed E-state index contributed by atoms with van der Waals surface area (Å²) in [6.45, 7) is 2.05. The van der Waals surface area contributed by atoms with Crippen molar-refractivity contribution in [2.75, 3.05) is 11.1 Å². The number of fused-ring (bicyclic) bond motifs is 1. The van der Waals surface area contributed by atoms with E-state index in [1.165, 1.54) is 28.7 Å². The van der Waals surface area contributed by atoms with Gasteiger partial charge in [-0.3, -0.25) is 4.79 Å². The predicted octanol–water partition coefficient (Wildman–Crippen LogP) is 5.05. The molecule has 2 heterocycles. The van der Waals surface area contributed by atoms with Crippen LogP contribution >= 0.6 is 23.1 Å². The molecule has 4 aromatic rings. The van der Waals surface area contributed by atoms with Gasteiger partial charge in [0.2, 0.25) is 5.13 Å². The van der Waals surface area contributed by atoms with Crippen LogP contribution in [0.3, 0.4) is 0 Å². The summed E-state index contributed by atoms with van der Waals surface area (Å²) < 4.78 is 0.771. The molecule has 0 aliphatic heterocycles. The van der Waals surface area contributed by atoms with E-state index < -0.39 is 0 Å². The lowest BCUT2D eigenvalue weighted by Gasteiger charge is -2.01. The number of aromatic nitrogens is 3. The summed E-state index contributed by atoms with van der Waals surface area (Å²) in [5.41, 5.74) is 3.87. The quantitative estimate of drug-likeness (QED) is 0.362. The molecule has 0 saturated heterocycles. The number of hydrogen-bond acceptors (Lipinski definition) is 6. The molecular weight excluding hydrogens is 364 g/mol. The first-order valence-corrected chi connectivity index (χ1v) is 9.88. The summed E-state index contributed by atoms with van der Waals surface area (Å²) in [4.78, 5) is 15.7. The van der Waals surface area contributed by atoms with Crippen LogP contribution in [0.2, 0.25) is 0 Å². The molecule has 7 heteroatoms. The number of para-hydroxylation sites is 1. The molecular formula is C19H16N4OS2. The van der Waals surface area contributed by atoms with Crippen LogP contribution in [0.4, 0.5) is 10.8 Å². The van der Waals surface area contributed by atoms with Gasteiger partial charge in [-0.1, -0.05) is 59.0 Å². The van der Waals surface area contributed by atoms with E-state index in [9.17, 15) is 4.79 Å². The minimum Gasteiger partial charge on any atom is -0.360 e. The maximum absolute atomic E-state index is 12.5. The Labute approximate surface area is 158 Å². The molecule has 0 fully saturated rings. The van der Waals surface area contributed by atoms with Gasteiger partial charge in [-0.15, -0.1) is 10.2 Å². The molecule has 0 spiro atoms. The zero-order chi connectivity index (χ0) is 17.9. The molecule has 0 aliphatic carbocycles. The number of nitrogens with one attached hydrogen (secondary N) is 2. The van der Waals surface area contributed by atoms with Crippen molar-refractivity contribution in [3.63, 3.8) is 0 Å². The first-order valence-electron chi connectivity index (χ1n) is 8.08. The number of aromatic amines is 1. The highest BCUT2D eigenvalue weighted by Crippen LogP contribution is 2.29. The largest absolute Gasteiger partial charge is 0.360 e. The van der Waals surface area contributed by atoms with Crippen molar-refractivity contribution in [1.82, 2.24) is 15.2 Å². The topological polar surface area (TPSA) is 70.7 Å². The van der Waals surface area contributed by atoms with Crippen molar-refractivity contribution >= 4 is 50.6 Å². The van der Waals surface area contributed by atoms with Gasteiger partial charge in [0.25, 0.3) is 0 Å². The fourth-order valence-corrected chi connectivity index (χ4v) is 4.24. The second-order valence-electron chi connectivity index (χ2n) is 5.82.